The fourth-order valence-electron chi connectivity index (χ4n) is 4.67. The summed E-state index contributed by atoms with van der Waals surface area (Å²) in [5.41, 5.74) is 1.04. The zero-order chi connectivity index (χ0) is 26.0. The highest BCUT2D eigenvalue weighted by Gasteiger charge is 2.25. The van der Waals surface area contributed by atoms with Crippen LogP contribution in [0.5, 0.6) is 5.75 Å². The van der Waals surface area contributed by atoms with Gasteiger partial charge in [0.15, 0.2) is 34.8 Å². The molecule has 0 aliphatic heterocycles. The second-order valence-corrected chi connectivity index (χ2v) is 9.01. The molecule has 0 radical (unpaired) electrons. The molecule has 0 aromatic heterocycles. The third kappa shape index (κ3) is 5.01. The van der Waals surface area contributed by atoms with Crippen molar-refractivity contribution < 1.29 is 31.1 Å². The van der Waals surface area contributed by atoms with Gasteiger partial charge < -0.3 is 4.74 Å². The molecule has 1 atom stereocenters. The molecule has 3 aromatic rings. The summed E-state index contributed by atoms with van der Waals surface area (Å²) in [5.74, 6) is -7.12. The van der Waals surface area contributed by atoms with Crippen LogP contribution in [0.2, 0.25) is 0 Å². The number of halogens is 6. The Morgan fingerprint density at radius 2 is 1.44 bits per heavy atom. The first-order valence-electron chi connectivity index (χ1n) is 11.9. The maximum Gasteiger partial charge on any atom is 0.201 e. The Hall–Kier alpha value is -3.22. The van der Waals surface area contributed by atoms with E-state index in [1.165, 1.54) is 31.2 Å². The van der Waals surface area contributed by atoms with Crippen molar-refractivity contribution in [3.05, 3.63) is 99.6 Å². The summed E-state index contributed by atoms with van der Waals surface area (Å²) in [5, 5.41) is 0. The van der Waals surface area contributed by atoms with Gasteiger partial charge in [-0.25, -0.2) is 22.0 Å². The lowest BCUT2D eigenvalue weighted by Crippen LogP contribution is -2.09. The topological polar surface area (TPSA) is 9.23 Å². The molecule has 4 rings (SSSR count). The number of benzene rings is 3. The van der Waals surface area contributed by atoms with E-state index in [2.05, 4.69) is 0 Å². The summed E-state index contributed by atoms with van der Waals surface area (Å²) in [7, 11) is 0. The second kappa shape index (κ2) is 10.8. The highest BCUT2D eigenvalue weighted by atomic mass is 19.2. The van der Waals surface area contributed by atoms with Gasteiger partial charge in [0.2, 0.25) is 5.82 Å². The average Bonchev–Trinajstić information content (AvgIpc) is 2.88. The molecule has 1 unspecified atom stereocenters. The van der Waals surface area contributed by atoms with Crippen LogP contribution in [-0.4, -0.2) is 6.61 Å². The number of aryl methyl sites for hydroxylation is 2. The molecule has 0 amide bonds. The molecule has 0 N–H and O–H groups in total. The van der Waals surface area contributed by atoms with Crippen LogP contribution in [0.3, 0.4) is 0 Å². The predicted octanol–water partition coefficient (Wildman–Crippen LogP) is 8.72. The van der Waals surface area contributed by atoms with Gasteiger partial charge in [-0.3, -0.25) is 0 Å². The van der Waals surface area contributed by atoms with Crippen LogP contribution in [0.25, 0.3) is 11.1 Å². The van der Waals surface area contributed by atoms with Crippen LogP contribution in [-0.2, 0) is 6.42 Å². The molecule has 0 saturated heterocycles. The van der Waals surface area contributed by atoms with Crippen molar-refractivity contribution in [1.82, 2.24) is 0 Å². The third-order valence-electron chi connectivity index (χ3n) is 6.76. The van der Waals surface area contributed by atoms with Crippen LogP contribution >= 0.6 is 0 Å². The normalized spacial score (nSPS) is 15.7. The Morgan fingerprint density at radius 3 is 2.11 bits per heavy atom. The molecule has 1 aliphatic rings. The number of allylic oxidation sites excluding steroid dienone is 2. The van der Waals surface area contributed by atoms with Gasteiger partial charge in [0.25, 0.3) is 0 Å². The van der Waals surface area contributed by atoms with Gasteiger partial charge in [0, 0.05) is 11.1 Å². The van der Waals surface area contributed by atoms with Crippen molar-refractivity contribution in [2.75, 3.05) is 6.61 Å². The minimum Gasteiger partial charge on any atom is -0.491 e. The molecular formula is C29H26F6O. The van der Waals surface area contributed by atoms with E-state index in [0.29, 0.717) is 37.7 Å². The highest BCUT2D eigenvalue weighted by Crippen LogP contribution is 2.39. The minimum atomic E-state index is -1.30. The molecule has 0 saturated carbocycles. The minimum absolute atomic E-state index is 0.131. The summed E-state index contributed by atoms with van der Waals surface area (Å²) >= 11 is 0. The Morgan fingerprint density at radius 1 is 0.750 bits per heavy atom. The lowest BCUT2D eigenvalue weighted by atomic mass is 9.82. The van der Waals surface area contributed by atoms with Crippen molar-refractivity contribution in [2.24, 2.45) is 0 Å². The summed E-state index contributed by atoms with van der Waals surface area (Å²) in [4.78, 5) is 0. The first kappa shape index (κ1) is 25.9. The van der Waals surface area contributed by atoms with Gasteiger partial charge >= 0.3 is 0 Å². The van der Waals surface area contributed by atoms with Crippen molar-refractivity contribution in [1.29, 1.82) is 0 Å². The average molecular weight is 505 g/mol. The summed E-state index contributed by atoms with van der Waals surface area (Å²) in [6.45, 7) is 3.26. The van der Waals surface area contributed by atoms with E-state index in [9.17, 15) is 22.0 Å². The molecule has 0 spiro atoms. The van der Waals surface area contributed by atoms with Crippen molar-refractivity contribution in [2.45, 2.75) is 51.9 Å². The SMILES string of the molecule is CCOc1ccc(-c2ccc(C3CC=C(CCc4ccc(C)c(F)c4F)CC3)c(F)c2F)c(F)c1F. The number of hydrogen-bond acceptors (Lipinski definition) is 1. The first-order valence-corrected chi connectivity index (χ1v) is 11.9. The maximum absolute atomic E-state index is 15.0. The fraction of sp³-hybridized carbons (Fsp3) is 0.310. The van der Waals surface area contributed by atoms with E-state index in [1.807, 2.05) is 6.08 Å². The monoisotopic (exact) mass is 504 g/mol. The molecule has 3 aromatic carbocycles. The molecule has 0 fully saturated rings. The molecule has 36 heavy (non-hydrogen) atoms. The van der Waals surface area contributed by atoms with Gasteiger partial charge in [0.1, 0.15) is 0 Å². The molecule has 1 aliphatic carbocycles. The predicted molar refractivity (Wildman–Crippen MR) is 127 cm³/mol. The van der Waals surface area contributed by atoms with Crippen LogP contribution < -0.4 is 4.74 Å². The Bertz CT molecular complexity index is 1310. The Labute approximate surface area is 206 Å². The lowest BCUT2D eigenvalue weighted by Gasteiger charge is -2.23. The molecule has 0 heterocycles. The fourth-order valence-corrected chi connectivity index (χ4v) is 4.67. The summed E-state index contributed by atoms with van der Waals surface area (Å²) < 4.78 is 91.7. The molecule has 0 bridgehead atoms. The van der Waals surface area contributed by atoms with E-state index >= 15 is 4.39 Å². The smallest absolute Gasteiger partial charge is 0.201 e. The van der Waals surface area contributed by atoms with Crippen molar-refractivity contribution in [3.8, 4) is 16.9 Å². The van der Waals surface area contributed by atoms with Gasteiger partial charge in [0.05, 0.1) is 6.61 Å². The van der Waals surface area contributed by atoms with Gasteiger partial charge in [-0.2, -0.15) is 4.39 Å². The van der Waals surface area contributed by atoms with Crippen LogP contribution in [0.4, 0.5) is 26.3 Å². The van der Waals surface area contributed by atoms with E-state index < -0.39 is 34.9 Å². The number of ether oxygens (including phenoxy) is 1. The quantitative estimate of drug-likeness (QED) is 0.231. The third-order valence-corrected chi connectivity index (χ3v) is 6.76. The standard InChI is InChI=1S/C29H26F6O/c1-3-36-23-15-14-22(28(34)29(23)35)21-13-12-20(26(32)27(21)33)18-9-5-17(6-10-18)7-11-19-8-4-16(2)24(30)25(19)31/h4-5,8,12-15,18H,3,6-7,9-11H2,1-2H3. The van der Waals surface area contributed by atoms with Crippen LogP contribution in [0, 0.1) is 41.8 Å². The zero-order valence-electron chi connectivity index (χ0n) is 20.0. The molecular weight excluding hydrogens is 478 g/mol. The number of rotatable bonds is 7. The summed E-state index contributed by atoms with van der Waals surface area (Å²) in [6.07, 6.45) is 4.46. The molecule has 1 nitrogen and oxygen atoms in total. The van der Waals surface area contributed by atoms with Crippen LogP contribution in [0.1, 0.15) is 55.2 Å². The van der Waals surface area contributed by atoms with E-state index in [0.717, 1.165) is 5.57 Å². The first-order chi connectivity index (χ1) is 17.2. The molecule has 7 heteroatoms. The van der Waals surface area contributed by atoms with E-state index in [4.69, 9.17) is 4.74 Å². The largest absolute Gasteiger partial charge is 0.491 e. The van der Waals surface area contributed by atoms with Gasteiger partial charge in [-0.1, -0.05) is 35.9 Å². The molecule has 190 valence electrons. The Kier molecular flexibility index (Phi) is 7.76. The van der Waals surface area contributed by atoms with Gasteiger partial charge in [-0.15, -0.1) is 0 Å². The highest BCUT2D eigenvalue weighted by molar-refractivity contribution is 5.67. The summed E-state index contributed by atoms with van der Waals surface area (Å²) in [6, 6.07) is 8.16. The number of hydrogen-bond donors (Lipinski definition) is 0. The van der Waals surface area contributed by atoms with Gasteiger partial charge in [-0.05, 0) is 80.7 Å². The van der Waals surface area contributed by atoms with E-state index in [-0.39, 0.29) is 40.5 Å². The second-order valence-electron chi connectivity index (χ2n) is 9.01. The Balaban J connectivity index is 1.49. The zero-order valence-corrected chi connectivity index (χ0v) is 20.0. The maximum atomic E-state index is 15.0. The lowest BCUT2D eigenvalue weighted by molar-refractivity contribution is 0.314. The van der Waals surface area contributed by atoms with Crippen LogP contribution in [0.15, 0.2) is 48.0 Å². The van der Waals surface area contributed by atoms with Crippen molar-refractivity contribution >= 4 is 0 Å². The van der Waals surface area contributed by atoms with E-state index in [1.54, 1.807) is 19.1 Å². The van der Waals surface area contributed by atoms with Crippen molar-refractivity contribution in [3.63, 3.8) is 0 Å².